The topological polar surface area (TPSA) is 32.3 Å². The summed E-state index contributed by atoms with van der Waals surface area (Å²) < 4.78 is 0. The quantitative estimate of drug-likeness (QED) is 0.787. The lowest BCUT2D eigenvalue weighted by molar-refractivity contribution is -0.133. The van der Waals surface area contributed by atoms with E-state index in [1.165, 1.54) is 12.8 Å². The molecule has 1 atom stereocenters. The summed E-state index contributed by atoms with van der Waals surface area (Å²) in [4.78, 5) is 14.1. The molecule has 1 aliphatic carbocycles. The number of rotatable bonds is 4. The molecule has 0 spiro atoms. The first-order chi connectivity index (χ1) is 7.49. The molecule has 92 valence electrons. The molecule has 1 unspecified atom stereocenters. The Kier molecular flexibility index (Phi) is 3.24. The van der Waals surface area contributed by atoms with E-state index < -0.39 is 0 Å². The van der Waals surface area contributed by atoms with Crippen LogP contribution >= 0.6 is 0 Å². The Balaban J connectivity index is 1.78. The highest BCUT2D eigenvalue weighted by molar-refractivity contribution is 5.79. The molecule has 1 N–H and O–H groups in total. The number of carbonyl (C=O) groups excluding carboxylic acids is 1. The maximum Gasteiger partial charge on any atom is 0.236 e. The Hall–Kier alpha value is -0.570. The Morgan fingerprint density at radius 2 is 2.12 bits per heavy atom. The standard InChI is InChI=1S/C13H24N2O/c1-10-6-13(2,3)15(9-10)12(16)8-14-7-11-4-5-11/h10-11,14H,4-9H2,1-3H3. The molecule has 3 heteroatoms. The first-order valence-corrected chi connectivity index (χ1v) is 6.50. The summed E-state index contributed by atoms with van der Waals surface area (Å²) in [7, 11) is 0. The van der Waals surface area contributed by atoms with Gasteiger partial charge in [0.2, 0.25) is 5.91 Å². The monoisotopic (exact) mass is 224 g/mol. The molecule has 0 bridgehead atoms. The lowest BCUT2D eigenvalue weighted by atomic mass is 9.98. The van der Waals surface area contributed by atoms with Gasteiger partial charge in [-0.1, -0.05) is 6.92 Å². The minimum Gasteiger partial charge on any atom is -0.336 e. The fourth-order valence-corrected chi connectivity index (χ4v) is 2.83. The van der Waals surface area contributed by atoms with Crippen molar-refractivity contribution in [3.8, 4) is 0 Å². The van der Waals surface area contributed by atoms with Crippen LogP contribution < -0.4 is 5.32 Å². The smallest absolute Gasteiger partial charge is 0.236 e. The average molecular weight is 224 g/mol. The van der Waals surface area contributed by atoms with Gasteiger partial charge in [-0.05, 0) is 51.5 Å². The third-order valence-electron chi connectivity index (χ3n) is 3.78. The second-order valence-electron chi connectivity index (χ2n) is 6.20. The van der Waals surface area contributed by atoms with Crippen LogP contribution in [0, 0.1) is 11.8 Å². The van der Waals surface area contributed by atoms with Crippen molar-refractivity contribution >= 4 is 5.91 Å². The van der Waals surface area contributed by atoms with Crippen LogP contribution in [-0.4, -0.2) is 36.0 Å². The minimum atomic E-state index is 0.0533. The maximum absolute atomic E-state index is 12.1. The number of carbonyl (C=O) groups is 1. The van der Waals surface area contributed by atoms with Crippen LogP contribution in [0.3, 0.4) is 0 Å². The van der Waals surface area contributed by atoms with Crippen molar-refractivity contribution in [1.82, 2.24) is 10.2 Å². The Bertz CT molecular complexity index is 271. The van der Waals surface area contributed by atoms with Gasteiger partial charge >= 0.3 is 0 Å². The summed E-state index contributed by atoms with van der Waals surface area (Å²) in [5, 5.41) is 3.29. The number of nitrogens with zero attached hydrogens (tertiary/aromatic N) is 1. The van der Waals surface area contributed by atoms with Crippen molar-refractivity contribution in [2.45, 2.75) is 45.6 Å². The highest BCUT2D eigenvalue weighted by Crippen LogP contribution is 2.32. The fourth-order valence-electron chi connectivity index (χ4n) is 2.83. The van der Waals surface area contributed by atoms with Crippen molar-refractivity contribution in [2.75, 3.05) is 19.6 Å². The number of hydrogen-bond donors (Lipinski definition) is 1. The molecule has 1 amide bonds. The predicted octanol–water partition coefficient (Wildman–Crippen LogP) is 1.63. The van der Waals surface area contributed by atoms with Gasteiger partial charge in [-0.2, -0.15) is 0 Å². The number of likely N-dealkylation sites (tertiary alicyclic amines) is 1. The van der Waals surface area contributed by atoms with Crippen molar-refractivity contribution in [3.63, 3.8) is 0 Å². The second kappa shape index (κ2) is 4.36. The molecule has 2 rings (SSSR count). The van der Waals surface area contributed by atoms with E-state index in [1.54, 1.807) is 0 Å². The van der Waals surface area contributed by atoms with Gasteiger partial charge in [0.25, 0.3) is 0 Å². The van der Waals surface area contributed by atoms with Gasteiger partial charge in [0.05, 0.1) is 6.54 Å². The van der Waals surface area contributed by atoms with Gasteiger partial charge in [0, 0.05) is 12.1 Å². The van der Waals surface area contributed by atoms with E-state index in [0.29, 0.717) is 12.5 Å². The van der Waals surface area contributed by atoms with Gasteiger partial charge in [0.1, 0.15) is 0 Å². The van der Waals surface area contributed by atoms with Crippen molar-refractivity contribution in [1.29, 1.82) is 0 Å². The van der Waals surface area contributed by atoms with Crippen LogP contribution in [-0.2, 0) is 4.79 Å². The second-order valence-corrected chi connectivity index (χ2v) is 6.20. The van der Waals surface area contributed by atoms with Gasteiger partial charge in [0.15, 0.2) is 0 Å². The zero-order chi connectivity index (χ0) is 11.8. The predicted molar refractivity (Wildman–Crippen MR) is 65.2 cm³/mol. The van der Waals surface area contributed by atoms with Crippen molar-refractivity contribution < 1.29 is 4.79 Å². The van der Waals surface area contributed by atoms with Crippen molar-refractivity contribution in [2.24, 2.45) is 11.8 Å². The van der Waals surface area contributed by atoms with E-state index >= 15 is 0 Å². The summed E-state index contributed by atoms with van der Waals surface area (Å²) in [6, 6.07) is 0. The van der Waals surface area contributed by atoms with E-state index in [1.807, 2.05) is 0 Å². The van der Waals surface area contributed by atoms with Gasteiger partial charge in [-0.15, -0.1) is 0 Å². The van der Waals surface area contributed by atoms with E-state index in [9.17, 15) is 4.79 Å². The lowest BCUT2D eigenvalue weighted by Gasteiger charge is -2.31. The van der Waals surface area contributed by atoms with Crippen LogP contribution in [0.1, 0.15) is 40.0 Å². The first-order valence-electron chi connectivity index (χ1n) is 6.50. The Labute approximate surface area is 98.6 Å². The van der Waals surface area contributed by atoms with E-state index in [4.69, 9.17) is 0 Å². The molecule has 2 aliphatic rings. The van der Waals surface area contributed by atoms with Crippen molar-refractivity contribution in [3.05, 3.63) is 0 Å². The molecule has 1 aliphatic heterocycles. The van der Waals surface area contributed by atoms with E-state index in [-0.39, 0.29) is 11.4 Å². The Morgan fingerprint density at radius 3 is 2.62 bits per heavy atom. The van der Waals surface area contributed by atoms with Gasteiger partial charge < -0.3 is 10.2 Å². The molecule has 0 aromatic carbocycles. The molecule has 16 heavy (non-hydrogen) atoms. The van der Waals surface area contributed by atoms with E-state index in [2.05, 4.69) is 31.0 Å². The SMILES string of the molecule is CC1CN(C(=O)CNCC2CC2)C(C)(C)C1. The van der Waals surface area contributed by atoms with Crippen LogP contribution in [0.4, 0.5) is 0 Å². The summed E-state index contributed by atoms with van der Waals surface area (Å²) >= 11 is 0. The molecule has 1 saturated carbocycles. The molecule has 1 heterocycles. The molecule has 2 fully saturated rings. The van der Waals surface area contributed by atoms with Gasteiger partial charge in [-0.25, -0.2) is 0 Å². The van der Waals surface area contributed by atoms with E-state index in [0.717, 1.165) is 25.4 Å². The number of hydrogen-bond acceptors (Lipinski definition) is 2. The van der Waals surface area contributed by atoms with Crippen LogP contribution in [0.15, 0.2) is 0 Å². The molecule has 0 aromatic rings. The molecule has 1 saturated heterocycles. The maximum atomic E-state index is 12.1. The summed E-state index contributed by atoms with van der Waals surface area (Å²) in [5.41, 5.74) is 0.0533. The summed E-state index contributed by atoms with van der Waals surface area (Å²) in [6.07, 6.45) is 3.81. The Morgan fingerprint density at radius 1 is 1.44 bits per heavy atom. The number of amides is 1. The minimum absolute atomic E-state index is 0.0533. The normalized spacial score (nSPS) is 28.4. The van der Waals surface area contributed by atoms with Crippen LogP contribution in [0.5, 0.6) is 0 Å². The highest BCUT2D eigenvalue weighted by Gasteiger charge is 2.38. The summed E-state index contributed by atoms with van der Waals surface area (Å²) in [6.45, 7) is 9.05. The highest BCUT2D eigenvalue weighted by atomic mass is 16.2. The molecule has 0 radical (unpaired) electrons. The average Bonchev–Trinajstić information content (AvgIpc) is 2.92. The third-order valence-corrected chi connectivity index (χ3v) is 3.78. The zero-order valence-electron chi connectivity index (χ0n) is 10.8. The van der Waals surface area contributed by atoms with Gasteiger partial charge in [-0.3, -0.25) is 4.79 Å². The fraction of sp³-hybridized carbons (Fsp3) is 0.923. The number of nitrogens with one attached hydrogen (secondary N) is 1. The lowest BCUT2D eigenvalue weighted by Crippen LogP contribution is -2.46. The zero-order valence-corrected chi connectivity index (χ0v) is 10.8. The third kappa shape index (κ3) is 2.76. The molecular weight excluding hydrogens is 200 g/mol. The summed E-state index contributed by atoms with van der Waals surface area (Å²) in [5.74, 6) is 1.76. The molecular formula is C13H24N2O. The largest absolute Gasteiger partial charge is 0.336 e. The first kappa shape index (κ1) is 11.9. The van der Waals surface area contributed by atoms with Crippen LogP contribution in [0.25, 0.3) is 0 Å². The molecule has 0 aromatic heterocycles. The van der Waals surface area contributed by atoms with Crippen LogP contribution in [0.2, 0.25) is 0 Å². The molecule has 3 nitrogen and oxygen atoms in total.